The lowest BCUT2D eigenvalue weighted by atomic mass is 9.96. The Bertz CT molecular complexity index is 270. The lowest BCUT2D eigenvalue weighted by Gasteiger charge is -2.23. The minimum Gasteiger partial charge on any atom is -0.353 e. The van der Waals surface area contributed by atoms with Gasteiger partial charge >= 0.3 is 0 Å². The van der Waals surface area contributed by atoms with E-state index in [0.717, 1.165) is 12.8 Å². The first-order valence-corrected chi connectivity index (χ1v) is 4.24. The first-order chi connectivity index (χ1) is 6.14. The molecule has 0 aliphatic heterocycles. The maximum Gasteiger partial charge on any atom is 0.207 e. The van der Waals surface area contributed by atoms with Gasteiger partial charge in [-0.1, -0.05) is 0 Å². The molecule has 3 nitrogen and oxygen atoms in total. The lowest BCUT2D eigenvalue weighted by molar-refractivity contribution is -0.110. The summed E-state index contributed by atoms with van der Waals surface area (Å²) in [5, 5.41) is 2.77. The summed E-state index contributed by atoms with van der Waals surface area (Å²) in [6.07, 6.45) is 5.06. The SMILES string of the molecule is CC(C)(Cc1ccncc1)NC=O. The molecule has 1 amide bonds. The molecule has 70 valence electrons. The van der Waals surface area contributed by atoms with E-state index in [4.69, 9.17) is 0 Å². The van der Waals surface area contributed by atoms with Crippen LogP contribution in [-0.2, 0) is 11.2 Å². The van der Waals surface area contributed by atoms with Gasteiger partial charge in [0, 0.05) is 17.9 Å². The van der Waals surface area contributed by atoms with Gasteiger partial charge in [-0.3, -0.25) is 9.78 Å². The summed E-state index contributed by atoms with van der Waals surface area (Å²) >= 11 is 0. The zero-order valence-corrected chi connectivity index (χ0v) is 7.95. The molecule has 0 atom stereocenters. The molecule has 0 bridgehead atoms. The van der Waals surface area contributed by atoms with Crippen LogP contribution in [0.25, 0.3) is 0 Å². The van der Waals surface area contributed by atoms with E-state index in [1.807, 2.05) is 26.0 Å². The smallest absolute Gasteiger partial charge is 0.207 e. The average molecular weight is 178 g/mol. The maximum atomic E-state index is 10.3. The molecule has 1 aromatic heterocycles. The second-order valence-electron chi connectivity index (χ2n) is 3.68. The van der Waals surface area contributed by atoms with Crippen LogP contribution in [0.2, 0.25) is 0 Å². The molecule has 0 spiro atoms. The van der Waals surface area contributed by atoms with Gasteiger partial charge in [-0.05, 0) is 38.0 Å². The topological polar surface area (TPSA) is 42.0 Å². The second kappa shape index (κ2) is 4.03. The molecule has 0 aliphatic carbocycles. The quantitative estimate of drug-likeness (QED) is 0.703. The van der Waals surface area contributed by atoms with Crippen molar-refractivity contribution < 1.29 is 4.79 Å². The summed E-state index contributed by atoms with van der Waals surface area (Å²) in [5.74, 6) is 0. The van der Waals surface area contributed by atoms with Crippen LogP contribution in [0.1, 0.15) is 19.4 Å². The van der Waals surface area contributed by atoms with Gasteiger partial charge in [0.25, 0.3) is 0 Å². The van der Waals surface area contributed by atoms with Crippen molar-refractivity contribution in [2.75, 3.05) is 0 Å². The van der Waals surface area contributed by atoms with E-state index < -0.39 is 0 Å². The molecule has 0 saturated heterocycles. The van der Waals surface area contributed by atoms with Crippen molar-refractivity contribution in [1.82, 2.24) is 10.3 Å². The molecule has 0 aromatic carbocycles. The summed E-state index contributed by atoms with van der Waals surface area (Å²) in [7, 11) is 0. The predicted octanol–water partition coefficient (Wildman–Crippen LogP) is 1.15. The second-order valence-corrected chi connectivity index (χ2v) is 3.68. The van der Waals surface area contributed by atoms with Crippen LogP contribution in [0.3, 0.4) is 0 Å². The van der Waals surface area contributed by atoms with Crippen molar-refractivity contribution in [2.24, 2.45) is 0 Å². The Morgan fingerprint density at radius 2 is 2.08 bits per heavy atom. The molecule has 0 fully saturated rings. The largest absolute Gasteiger partial charge is 0.353 e. The van der Waals surface area contributed by atoms with Gasteiger partial charge in [0.15, 0.2) is 0 Å². The molecule has 1 heterocycles. The molecule has 0 aliphatic rings. The van der Waals surface area contributed by atoms with E-state index in [1.165, 1.54) is 5.56 Å². The van der Waals surface area contributed by atoms with Gasteiger partial charge in [0.1, 0.15) is 0 Å². The molecule has 0 radical (unpaired) electrons. The Morgan fingerprint density at radius 1 is 1.46 bits per heavy atom. The molecular weight excluding hydrogens is 164 g/mol. The fourth-order valence-electron chi connectivity index (χ4n) is 1.22. The summed E-state index contributed by atoms with van der Waals surface area (Å²) in [6.45, 7) is 3.98. The number of rotatable bonds is 4. The Kier molecular flexibility index (Phi) is 3.01. The van der Waals surface area contributed by atoms with Gasteiger partial charge in [0.05, 0.1) is 0 Å². The standard InChI is InChI=1S/C10H14N2O/c1-10(2,12-8-13)7-9-3-5-11-6-4-9/h3-6,8H,7H2,1-2H3,(H,12,13). The van der Waals surface area contributed by atoms with Crippen molar-refractivity contribution in [3.63, 3.8) is 0 Å². The molecule has 0 unspecified atom stereocenters. The predicted molar refractivity (Wildman–Crippen MR) is 51.2 cm³/mol. The summed E-state index contributed by atoms with van der Waals surface area (Å²) in [5.41, 5.74) is 0.984. The summed E-state index contributed by atoms with van der Waals surface area (Å²) in [6, 6.07) is 3.91. The Hall–Kier alpha value is -1.38. The van der Waals surface area contributed by atoms with Crippen LogP contribution < -0.4 is 5.32 Å². The van der Waals surface area contributed by atoms with Crippen molar-refractivity contribution in [3.8, 4) is 0 Å². The minimum atomic E-state index is -0.191. The number of hydrogen-bond donors (Lipinski definition) is 1. The first-order valence-electron chi connectivity index (χ1n) is 4.24. The Morgan fingerprint density at radius 3 is 2.62 bits per heavy atom. The lowest BCUT2D eigenvalue weighted by Crippen LogP contribution is -2.40. The highest BCUT2D eigenvalue weighted by molar-refractivity contribution is 5.47. The van der Waals surface area contributed by atoms with E-state index >= 15 is 0 Å². The Balaban J connectivity index is 2.63. The normalized spacial score (nSPS) is 10.9. The van der Waals surface area contributed by atoms with Crippen molar-refractivity contribution in [3.05, 3.63) is 30.1 Å². The van der Waals surface area contributed by atoms with Crippen LogP contribution in [0.15, 0.2) is 24.5 Å². The van der Waals surface area contributed by atoms with Crippen LogP contribution in [-0.4, -0.2) is 16.9 Å². The highest BCUT2D eigenvalue weighted by atomic mass is 16.1. The van der Waals surface area contributed by atoms with Crippen LogP contribution in [0.4, 0.5) is 0 Å². The average Bonchev–Trinajstić information content (AvgIpc) is 2.04. The number of aromatic nitrogens is 1. The Labute approximate surface area is 78.2 Å². The summed E-state index contributed by atoms with van der Waals surface area (Å²) in [4.78, 5) is 14.2. The van der Waals surface area contributed by atoms with Crippen LogP contribution in [0, 0.1) is 0 Å². The molecule has 0 saturated carbocycles. The van der Waals surface area contributed by atoms with E-state index in [9.17, 15) is 4.79 Å². The fourth-order valence-corrected chi connectivity index (χ4v) is 1.22. The highest BCUT2D eigenvalue weighted by Gasteiger charge is 2.16. The number of carbonyl (C=O) groups is 1. The third-order valence-electron chi connectivity index (χ3n) is 1.85. The van der Waals surface area contributed by atoms with Crippen molar-refractivity contribution >= 4 is 6.41 Å². The molecule has 3 heteroatoms. The van der Waals surface area contributed by atoms with E-state index in [2.05, 4.69) is 10.3 Å². The van der Waals surface area contributed by atoms with Gasteiger partial charge in [0.2, 0.25) is 6.41 Å². The van der Waals surface area contributed by atoms with Gasteiger partial charge in [-0.15, -0.1) is 0 Å². The number of nitrogens with one attached hydrogen (secondary N) is 1. The van der Waals surface area contributed by atoms with Crippen LogP contribution >= 0.6 is 0 Å². The fraction of sp³-hybridized carbons (Fsp3) is 0.400. The number of pyridine rings is 1. The number of carbonyl (C=O) groups excluding carboxylic acids is 1. The highest BCUT2D eigenvalue weighted by Crippen LogP contribution is 2.10. The van der Waals surface area contributed by atoms with E-state index in [-0.39, 0.29) is 5.54 Å². The third kappa shape index (κ3) is 3.23. The van der Waals surface area contributed by atoms with Gasteiger partial charge in [-0.25, -0.2) is 0 Å². The molecule has 1 N–H and O–H groups in total. The number of amides is 1. The van der Waals surface area contributed by atoms with E-state index in [1.54, 1.807) is 12.4 Å². The van der Waals surface area contributed by atoms with Gasteiger partial charge in [-0.2, -0.15) is 0 Å². The van der Waals surface area contributed by atoms with E-state index in [0.29, 0.717) is 0 Å². The molecule has 13 heavy (non-hydrogen) atoms. The van der Waals surface area contributed by atoms with Crippen molar-refractivity contribution in [2.45, 2.75) is 25.8 Å². The molecule has 1 rings (SSSR count). The number of hydrogen-bond acceptors (Lipinski definition) is 2. The van der Waals surface area contributed by atoms with Gasteiger partial charge < -0.3 is 5.32 Å². The maximum absolute atomic E-state index is 10.3. The molecule has 1 aromatic rings. The zero-order valence-electron chi connectivity index (χ0n) is 7.95. The minimum absolute atomic E-state index is 0.191. The van der Waals surface area contributed by atoms with Crippen LogP contribution in [0.5, 0.6) is 0 Å². The zero-order chi connectivity index (χ0) is 9.73. The van der Waals surface area contributed by atoms with Crippen molar-refractivity contribution in [1.29, 1.82) is 0 Å². The third-order valence-corrected chi connectivity index (χ3v) is 1.85. The first kappa shape index (κ1) is 9.71. The summed E-state index contributed by atoms with van der Waals surface area (Å²) < 4.78 is 0. The number of nitrogens with zero attached hydrogens (tertiary/aromatic N) is 1. The molecular formula is C10H14N2O. The monoisotopic (exact) mass is 178 g/mol.